The van der Waals surface area contributed by atoms with Crippen LogP contribution in [0, 0.1) is 5.92 Å². The molecule has 1 fully saturated rings. The summed E-state index contributed by atoms with van der Waals surface area (Å²) >= 11 is 7.83. The van der Waals surface area contributed by atoms with E-state index < -0.39 is 51.4 Å². The van der Waals surface area contributed by atoms with E-state index in [0.29, 0.717) is 26.2 Å². The zero-order chi connectivity index (χ0) is 33.6. The summed E-state index contributed by atoms with van der Waals surface area (Å²) in [6.45, 7) is 5.24. The normalized spacial score (nSPS) is 19.0. The molecule has 0 spiro atoms. The molecule has 0 unspecified atom stereocenters. The standard InChI is InChI=1S/C33H28ClF3N4O4S2/c1-3-39(4-2)22-14-8-18(9-15-22)25-26-27(30(44)41(29(26)43)23-7-5-6-19(16-23)33(35,36)37)46-31-28(25)47-32(45)40(31)17-24(42)38-21-12-10-20(34)11-13-21/h5-16,25-27H,3-4,17H2,1-2H3,(H,38,42)/t25-,26-,27+/m0/s1. The molecule has 6 rings (SSSR count). The number of halogens is 4. The Kier molecular flexibility index (Phi) is 8.98. The molecule has 3 amide bonds. The summed E-state index contributed by atoms with van der Waals surface area (Å²) in [5.41, 5.74) is 0.932. The van der Waals surface area contributed by atoms with Gasteiger partial charge in [0.25, 0.3) is 0 Å². The molecule has 47 heavy (non-hydrogen) atoms. The molecule has 3 aromatic carbocycles. The molecule has 4 aromatic rings. The van der Waals surface area contributed by atoms with E-state index in [1.807, 2.05) is 38.1 Å². The van der Waals surface area contributed by atoms with Gasteiger partial charge in [0.05, 0.1) is 22.2 Å². The van der Waals surface area contributed by atoms with Crippen LogP contribution >= 0.6 is 34.7 Å². The first-order valence-corrected chi connectivity index (χ1v) is 16.8. The van der Waals surface area contributed by atoms with E-state index in [1.165, 1.54) is 10.6 Å². The summed E-state index contributed by atoms with van der Waals surface area (Å²) in [6.07, 6.45) is -4.68. The second kappa shape index (κ2) is 12.9. The van der Waals surface area contributed by atoms with Crippen LogP contribution in [-0.2, 0) is 27.1 Å². The monoisotopic (exact) mass is 700 g/mol. The van der Waals surface area contributed by atoms with E-state index in [9.17, 15) is 32.3 Å². The fourth-order valence-corrected chi connectivity index (χ4v) is 8.95. The average molecular weight is 701 g/mol. The van der Waals surface area contributed by atoms with E-state index in [4.69, 9.17) is 11.6 Å². The molecule has 3 atom stereocenters. The minimum absolute atomic E-state index is 0.177. The number of alkyl halides is 3. The predicted molar refractivity (Wildman–Crippen MR) is 178 cm³/mol. The van der Waals surface area contributed by atoms with Crippen LogP contribution in [0.2, 0.25) is 5.02 Å². The number of hydrogen-bond acceptors (Lipinski definition) is 7. The van der Waals surface area contributed by atoms with Gasteiger partial charge in [-0.1, -0.05) is 52.9 Å². The van der Waals surface area contributed by atoms with Gasteiger partial charge < -0.3 is 10.2 Å². The summed E-state index contributed by atoms with van der Waals surface area (Å²) in [5.74, 6) is -3.58. The maximum absolute atomic E-state index is 14.1. The lowest BCUT2D eigenvalue weighted by Gasteiger charge is -2.31. The van der Waals surface area contributed by atoms with Crippen LogP contribution in [0.25, 0.3) is 0 Å². The Labute approximate surface area is 281 Å². The third-order valence-corrected chi connectivity index (χ3v) is 11.1. The Hall–Kier alpha value is -4.07. The van der Waals surface area contributed by atoms with Crippen molar-refractivity contribution >= 4 is 69.5 Å². The summed E-state index contributed by atoms with van der Waals surface area (Å²) in [4.78, 5) is 57.6. The average Bonchev–Trinajstić information content (AvgIpc) is 3.49. The molecule has 3 heterocycles. The number of benzene rings is 3. The molecule has 0 bridgehead atoms. The molecule has 0 radical (unpaired) electrons. The lowest BCUT2D eigenvalue weighted by molar-refractivity contribution is -0.137. The zero-order valence-corrected chi connectivity index (χ0v) is 27.5. The smallest absolute Gasteiger partial charge is 0.372 e. The summed E-state index contributed by atoms with van der Waals surface area (Å²) in [5, 5.41) is 2.55. The maximum Gasteiger partial charge on any atom is 0.416 e. The van der Waals surface area contributed by atoms with Crippen LogP contribution in [0.5, 0.6) is 0 Å². The van der Waals surface area contributed by atoms with Crippen LogP contribution in [-0.4, -0.2) is 40.6 Å². The Morgan fingerprint density at radius 3 is 2.28 bits per heavy atom. The van der Waals surface area contributed by atoms with E-state index in [1.54, 1.807) is 24.3 Å². The third-order valence-electron chi connectivity index (χ3n) is 8.29. The Balaban J connectivity index is 1.41. The predicted octanol–water partition coefficient (Wildman–Crippen LogP) is 6.86. The van der Waals surface area contributed by atoms with Crippen LogP contribution in [0.3, 0.4) is 0 Å². The fraction of sp³-hybridized carbons (Fsp3) is 0.273. The molecule has 0 saturated carbocycles. The van der Waals surface area contributed by atoms with Crippen molar-refractivity contribution in [3.05, 3.63) is 103 Å². The number of imide groups is 1. The number of rotatable bonds is 8. The molecule has 244 valence electrons. The van der Waals surface area contributed by atoms with Crippen molar-refractivity contribution in [3.8, 4) is 0 Å². The van der Waals surface area contributed by atoms with Gasteiger partial charge in [0.15, 0.2) is 0 Å². The van der Waals surface area contributed by atoms with E-state index in [0.717, 1.165) is 65.0 Å². The van der Waals surface area contributed by atoms with Gasteiger partial charge in [0, 0.05) is 40.3 Å². The van der Waals surface area contributed by atoms with Gasteiger partial charge in [-0.3, -0.25) is 23.7 Å². The number of thiazole rings is 1. The maximum atomic E-state index is 14.1. The van der Waals surface area contributed by atoms with Crippen LogP contribution in [0.15, 0.2) is 82.6 Å². The van der Waals surface area contributed by atoms with Gasteiger partial charge in [0.2, 0.25) is 17.7 Å². The number of thioether (sulfide) groups is 1. The van der Waals surface area contributed by atoms with Gasteiger partial charge in [-0.2, -0.15) is 13.2 Å². The van der Waals surface area contributed by atoms with Crippen LogP contribution < -0.4 is 20.0 Å². The topological polar surface area (TPSA) is 91.7 Å². The zero-order valence-electron chi connectivity index (χ0n) is 25.1. The molecule has 0 aliphatic carbocycles. The van der Waals surface area contributed by atoms with Gasteiger partial charge in [-0.25, -0.2) is 4.90 Å². The molecular formula is C33H28ClF3N4O4S2. The van der Waals surface area contributed by atoms with Crippen LogP contribution in [0.1, 0.15) is 35.8 Å². The van der Waals surface area contributed by atoms with Gasteiger partial charge in [-0.05, 0) is 74.0 Å². The van der Waals surface area contributed by atoms with Gasteiger partial charge >= 0.3 is 11.0 Å². The summed E-state index contributed by atoms with van der Waals surface area (Å²) in [7, 11) is 0. The highest BCUT2D eigenvalue weighted by molar-refractivity contribution is 8.00. The Bertz CT molecular complexity index is 1910. The molecular weight excluding hydrogens is 673 g/mol. The summed E-state index contributed by atoms with van der Waals surface area (Å²) < 4.78 is 42.0. The minimum Gasteiger partial charge on any atom is -0.372 e. The van der Waals surface area contributed by atoms with Crippen LogP contribution in [0.4, 0.5) is 30.2 Å². The largest absolute Gasteiger partial charge is 0.416 e. The van der Waals surface area contributed by atoms with Gasteiger partial charge in [-0.15, -0.1) is 0 Å². The number of nitrogens with one attached hydrogen (secondary N) is 1. The van der Waals surface area contributed by atoms with Crippen molar-refractivity contribution in [1.29, 1.82) is 0 Å². The van der Waals surface area contributed by atoms with E-state index >= 15 is 0 Å². The second-order valence-electron chi connectivity index (χ2n) is 11.0. The van der Waals surface area contributed by atoms with E-state index in [-0.39, 0.29) is 12.2 Å². The molecule has 1 N–H and O–H groups in total. The van der Waals surface area contributed by atoms with Crippen molar-refractivity contribution in [2.75, 3.05) is 28.2 Å². The number of carbonyl (C=O) groups is 3. The van der Waals surface area contributed by atoms with Crippen molar-refractivity contribution in [2.24, 2.45) is 5.92 Å². The van der Waals surface area contributed by atoms with Crippen molar-refractivity contribution in [2.45, 2.75) is 42.8 Å². The lowest BCUT2D eigenvalue weighted by Crippen LogP contribution is -2.33. The van der Waals surface area contributed by atoms with Gasteiger partial charge in [0.1, 0.15) is 11.8 Å². The number of carbonyl (C=O) groups excluding carboxylic acids is 3. The number of aromatic nitrogens is 1. The van der Waals surface area contributed by atoms with Crippen molar-refractivity contribution in [3.63, 3.8) is 0 Å². The molecule has 1 saturated heterocycles. The molecule has 1 aromatic heterocycles. The minimum atomic E-state index is -4.68. The SMILES string of the molecule is CCN(CC)c1ccc([C@@H]2c3sc(=O)n(CC(=O)Nc4ccc(Cl)cc4)c3S[C@H]3C(=O)N(c4cccc(C(F)(F)F)c4)C(=O)[C@@H]23)cc1. The number of fused-ring (bicyclic) bond motifs is 2. The number of amides is 3. The Morgan fingerprint density at radius 2 is 1.64 bits per heavy atom. The number of anilines is 3. The highest BCUT2D eigenvalue weighted by Crippen LogP contribution is 2.54. The van der Waals surface area contributed by atoms with Crippen molar-refractivity contribution < 1.29 is 27.6 Å². The summed E-state index contributed by atoms with van der Waals surface area (Å²) in [6, 6.07) is 18.1. The second-order valence-corrected chi connectivity index (χ2v) is 13.6. The quantitative estimate of drug-likeness (QED) is 0.202. The first-order valence-electron chi connectivity index (χ1n) is 14.8. The first kappa shape index (κ1) is 32.9. The highest BCUT2D eigenvalue weighted by Gasteiger charge is 2.57. The Morgan fingerprint density at radius 1 is 0.957 bits per heavy atom. The number of hydrogen-bond donors (Lipinski definition) is 1. The highest BCUT2D eigenvalue weighted by atomic mass is 35.5. The number of nitrogens with zero attached hydrogens (tertiary/aromatic N) is 3. The molecule has 14 heteroatoms. The molecule has 2 aliphatic heterocycles. The third kappa shape index (κ3) is 6.19. The lowest BCUT2D eigenvalue weighted by atomic mass is 9.83. The molecule has 8 nitrogen and oxygen atoms in total. The fourth-order valence-electron chi connectivity index (χ4n) is 6.05. The van der Waals surface area contributed by atoms with E-state index in [2.05, 4.69) is 10.2 Å². The van der Waals surface area contributed by atoms with Crippen molar-refractivity contribution in [1.82, 2.24) is 4.57 Å². The molecule has 2 aliphatic rings. The first-order chi connectivity index (χ1) is 22.4.